The molecule has 6 rings (SSSR count). The first-order valence-corrected chi connectivity index (χ1v) is 11.3. The van der Waals surface area contributed by atoms with E-state index in [4.69, 9.17) is 0 Å². The minimum atomic E-state index is -0.0228. The van der Waals surface area contributed by atoms with E-state index in [-0.39, 0.29) is 11.9 Å². The van der Waals surface area contributed by atoms with Gasteiger partial charge in [0.15, 0.2) is 5.82 Å². The molecule has 1 saturated carbocycles. The molecule has 1 amide bonds. The number of aromatic nitrogens is 4. The van der Waals surface area contributed by atoms with E-state index >= 15 is 0 Å². The maximum atomic E-state index is 12.1. The van der Waals surface area contributed by atoms with Gasteiger partial charge < -0.3 is 10.6 Å². The number of rotatable bonds is 5. The van der Waals surface area contributed by atoms with Gasteiger partial charge in [-0.15, -0.1) is 5.10 Å². The predicted molar refractivity (Wildman–Crippen MR) is 127 cm³/mol. The molecule has 33 heavy (non-hydrogen) atoms. The highest BCUT2D eigenvalue weighted by atomic mass is 16.2. The number of hydrogen-bond donors (Lipinski definition) is 3. The zero-order valence-corrected chi connectivity index (χ0v) is 18.5. The van der Waals surface area contributed by atoms with E-state index in [9.17, 15) is 4.79 Å². The molecule has 7 nitrogen and oxygen atoms in total. The smallest absolute Gasteiger partial charge is 0.252 e. The number of aromatic amines is 1. The monoisotopic (exact) mass is 436 g/mol. The molecule has 1 fully saturated rings. The number of nitrogens with one attached hydrogen (secondary N) is 3. The molecule has 7 heteroatoms. The van der Waals surface area contributed by atoms with E-state index in [1.165, 1.54) is 18.5 Å². The number of anilines is 2. The van der Waals surface area contributed by atoms with Crippen LogP contribution in [0.5, 0.6) is 0 Å². The van der Waals surface area contributed by atoms with Gasteiger partial charge in [-0.05, 0) is 61.6 Å². The van der Waals surface area contributed by atoms with Gasteiger partial charge in [0, 0.05) is 40.2 Å². The first-order chi connectivity index (χ1) is 16.0. The lowest BCUT2D eigenvalue weighted by atomic mass is 10.0. The van der Waals surface area contributed by atoms with Crippen molar-refractivity contribution in [3.05, 3.63) is 77.1 Å². The Labute approximate surface area is 191 Å². The summed E-state index contributed by atoms with van der Waals surface area (Å²) in [4.78, 5) is 21.3. The fraction of sp³-hybridized carbons (Fsp3) is 0.231. The van der Waals surface area contributed by atoms with Crippen molar-refractivity contribution in [3.63, 3.8) is 0 Å². The summed E-state index contributed by atoms with van der Waals surface area (Å²) in [6, 6.07) is 16.4. The average molecular weight is 437 g/mol. The van der Waals surface area contributed by atoms with Crippen molar-refractivity contribution in [1.29, 1.82) is 0 Å². The summed E-state index contributed by atoms with van der Waals surface area (Å²) >= 11 is 0. The molecule has 1 aliphatic heterocycles. The summed E-state index contributed by atoms with van der Waals surface area (Å²) in [6.07, 6.45) is 4.48. The van der Waals surface area contributed by atoms with Crippen LogP contribution in [0, 0.1) is 6.92 Å². The summed E-state index contributed by atoms with van der Waals surface area (Å²) in [5.74, 6) is 1.82. The molecule has 2 aliphatic rings. The molecule has 2 aromatic heterocycles. The Morgan fingerprint density at radius 1 is 1.00 bits per heavy atom. The van der Waals surface area contributed by atoms with E-state index in [0.29, 0.717) is 17.7 Å². The standard InChI is InChI=1S/C26H24N6O/c1-14-11-21-20(15(2)28-25(21)33)12-23(14)29-26-30-24(31-32-26)18-7-3-16(4-8-18)19-9-10-22(27-13-19)17-5-6-17/h3-4,7-13,15,17H,5-6H2,1-2H3,(H,28,33)(H2,29,30,31,32). The third-order valence-corrected chi connectivity index (χ3v) is 6.46. The predicted octanol–water partition coefficient (Wildman–Crippen LogP) is 5.27. The number of hydrogen-bond acceptors (Lipinski definition) is 5. The number of fused-ring (bicyclic) bond motifs is 1. The Morgan fingerprint density at radius 2 is 1.76 bits per heavy atom. The average Bonchev–Trinajstić information content (AvgIpc) is 3.52. The van der Waals surface area contributed by atoms with Crippen molar-refractivity contribution in [3.8, 4) is 22.5 Å². The topological polar surface area (TPSA) is 95.6 Å². The van der Waals surface area contributed by atoms with Crippen molar-refractivity contribution < 1.29 is 4.79 Å². The molecule has 4 aromatic rings. The third-order valence-electron chi connectivity index (χ3n) is 6.46. The van der Waals surface area contributed by atoms with Gasteiger partial charge in [-0.2, -0.15) is 4.98 Å². The van der Waals surface area contributed by atoms with Crippen LogP contribution in [0.15, 0.2) is 54.7 Å². The van der Waals surface area contributed by atoms with Crippen LogP contribution in [-0.4, -0.2) is 26.1 Å². The fourth-order valence-electron chi connectivity index (χ4n) is 4.35. The molecule has 0 saturated heterocycles. The third kappa shape index (κ3) is 3.65. The van der Waals surface area contributed by atoms with Gasteiger partial charge in [-0.1, -0.05) is 30.3 Å². The number of H-pyrrole nitrogens is 1. The van der Waals surface area contributed by atoms with Gasteiger partial charge in [0.25, 0.3) is 5.91 Å². The molecule has 2 aromatic carbocycles. The summed E-state index contributed by atoms with van der Waals surface area (Å²) in [5, 5.41) is 13.6. The second-order valence-corrected chi connectivity index (χ2v) is 8.91. The molecule has 3 heterocycles. The summed E-state index contributed by atoms with van der Waals surface area (Å²) in [7, 11) is 0. The van der Waals surface area contributed by atoms with Gasteiger partial charge in [-0.3, -0.25) is 14.9 Å². The molecule has 1 atom stereocenters. The normalized spacial score (nSPS) is 17.0. The lowest BCUT2D eigenvalue weighted by molar-refractivity contribution is 0.0958. The molecule has 0 radical (unpaired) electrons. The first kappa shape index (κ1) is 19.7. The zero-order chi connectivity index (χ0) is 22.5. The second kappa shape index (κ2) is 7.55. The van der Waals surface area contributed by atoms with Crippen molar-refractivity contribution in [2.24, 2.45) is 0 Å². The molecule has 1 unspecified atom stereocenters. The Kier molecular flexibility index (Phi) is 4.50. The number of carbonyl (C=O) groups is 1. The maximum absolute atomic E-state index is 12.1. The largest absolute Gasteiger partial charge is 0.345 e. The maximum Gasteiger partial charge on any atom is 0.252 e. The second-order valence-electron chi connectivity index (χ2n) is 8.91. The fourth-order valence-corrected chi connectivity index (χ4v) is 4.35. The summed E-state index contributed by atoms with van der Waals surface area (Å²) in [6.45, 7) is 3.95. The van der Waals surface area contributed by atoms with Crippen molar-refractivity contribution in [2.75, 3.05) is 5.32 Å². The lowest BCUT2D eigenvalue weighted by Gasteiger charge is -2.10. The van der Waals surface area contributed by atoms with Crippen molar-refractivity contribution in [1.82, 2.24) is 25.5 Å². The summed E-state index contributed by atoms with van der Waals surface area (Å²) in [5.41, 5.74) is 7.97. The van der Waals surface area contributed by atoms with E-state index < -0.39 is 0 Å². The molecule has 0 spiro atoms. The Hall–Kier alpha value is -4.00. The minimum Gasteiger partial charge on any atom is -0.345 e. The van der Waals surface area contributed by atoms with Gasteiger partial charge in [0.1, 0.15) is 0 Å². The Bertz CT molecular complexity index is 1350. The van der Waals surface area contributed by atoms with Gasteiger partial charge in [-0.25, -0.2) is 0 Å². The number of pyridine rings is 1. The van der Waals surface area contributed by atoms with Crippen LogP contribution in [0.1, 0.15) is 58.9 Å². The molecule has 1 aliphatic carbocycles. The molecular formula is C26H24N6O. The number of benzene rings is 2. The molecule has 3 N–H and O–H groups in total. The number of nitrogens with zero attached hydrogens (tertiary/aromatic N) is 3. The van der Waals surface area contributed by atoms with Crippen LogP contribution in [0.3, 0.4) is 0 Å². The highest BCUT2D eigenvalue weighted by Gasteiger charge is 2.26. The Balaban J connectivity index is 1.20. The highest BCUT2D eigenvalue weighted by Crippen LogP contribution is 2.39. The number of amides is 1. The lowest BCUT2D eigenvalue weighted by Crippen LogP contribution is -2.16. The number of carbonyl (C=O) groups excluding carboxylic acids is 1. The van der Waals surface area contributed by atoms with Gasteiger partial charge in [0.2, 0.25) is 5.95 Å². The molecule has 164 valence electrons. The van der Waals surface area contributed by atoms with Crippen LogP contribution in [0.25, 0.3) is 22.5 Å². The van der Waals surface area contributed by atoms with Crippen LogP contribution >= 0.6 is 0 Å². The van der Waals surface area contributed by atoms with E-state index in [1.807, 2.05) is 44.3 Å². The van der Waals surface area contributed by atoms with E-state index in [1.54, 1.807) is 0 Å². The van der Waals surface area contributed by atoms with Crippen molar-refractivity contribution >= 4 is 17.5 Å². The zero-order valence-electron chi connectivity index (χ0n) is 18.5. The highest BCUT2D eigenvalue weighted by molar-refractivity contribution is 6.00. The molecular weight excluding hydrogens is 412 g/mol. The van der Waals surface area contributed by atoms with E-state index in [2.05, 4.69) is 55.1 Å². The van der Waals surface area contributed by atoms with Crippen LogP contribution in [-0.2, 0) is 0 Å². The number of aryl methyl sites for hydroxylation is 1. The SMILES string of the molecule is Cc1cc2c(cc1Nc1n[nH]c(-c3ccc(-c4ccc(C5CC5)nc4)cc3)n1)C(C)NC2=O. The van der Waals surface area contributed by atoms with Gasteiger partial charge in [0.05, 0.1) is 6.04 Å². The van der Waals surface area contributed by atoms with Crippen LogP contribution < -0.4 is 10.6 Å². The molecule has 0 bridgehead atoms. The van der Waals surface area contributed by atoms with Gasteiger partial charge >= 0.3 is 0 Å². The minimum absolute atomic E-state index is 0.00465. The quantitative estimate of drug-likeness (QED) is 0.396. The first-order valence-electron chi connectivity index (χ1n) is 11.3. The van der Waals surface area contributed by atoms with Crippen LogP contribution in [0.2, 0.25) is 0 Å². The Morgan fingerprint density at radius 3 is 2.48 bits per heavy atom. The van der Waals surface area contributed by atoms with Crippen molar-refractivity contribution in [2.45, 2.75) is 38.6 Å². The summed E-state index contributed by atoms with van der Waals surface area (Å²) < 4.78 is 0. The van der Waals surface area contributed by atoms with Crippen LogP contribution in [0.4, 0.5) is 11.6 Å². The van der Waals surface area contributed by atoms with E-state index in [0.717, 1.165) is 39.1 Å².